The molecular weight excluding hydrogens is 370 g/mol. The van der Waals surface area contributed by atoms with Gasteiger partial charge in [-0.3, -0.25) is 9.59 Å². The van der Waals surface area contributed by atoms with Gasteiger partial charge >= 0.3 is 0 Å². The fourth-order valence-electron chi connectivity index (χ4n) is 2.56. The second kappa shape index (κ2) is 10.0. The van der Waals surface area contributed by atoms with E-state index in [1.54, 1.807) is 24.3 Å². The van der Waals surface area contributed by atoms with Crippen molar-refractivity contribution in [1.82, 2.24) is 15.5 Å². The van der Waals surface area contributed by atoms with E-state index in [1.165, 1.54) is 0 Å². The zero-order valence-corrected chi connectivity index (χ0v) is 15.8. The molecule has 1 aromatic heterocycles. The number of hydrogen-bond acceptors (Lipinski definition) is 6. The van der Waals surface area contributed by atoms with Gasteiger partial charge in [0, 0.05) is 31.8 Å². The molecule has 27 heavy (non-hydrogen) atoms. The Morgan fingerprint density at radius 1 is 1.26 bits per heavy atom. The van der Waals surface area contributed by atoms with Crippen LogP contribution in [0.4, 0.5) is 5.69 Å². The average molecular weight is 394 g/mol. The Morgan fingerprint density at radius 3 is 2.78 bits per heavy atom. The van der Waals surface area contributed by atoms with E-state index in [0.29, 0.717) is 55.4 Å². The van der Waals surface area contributed by atoms with Crippen molar-refractivity contribution in [2.75, 3.05) is 18.4 Å². The van der Waals surface area contributed by atoms with Crippen molar-refractivity contribution in [3.8, 4) is 0 Å². The number of nitrogens with zero attached hydrogens (tertiary/aromatic N) is 2. The molecule has 1 aliphatic rings. The van der Waals surface area contributed by atoms with Gasteiger partial charge in [0.25, 0.3) is 5.91 Å². The summed E-state index contributed by atoms with van der Waals surface area (Å²) in [6, 6.07) is 6.89. The number of hydrogen-bond donors (Lipinski definition) is 3. The number of anilines is 1. The fourth-order valence-corrected chi connectivity index (χ4v) is 2.56. The van der Waals surface area contributed by atoms with Gasteiger partial charge in [0.2, 0.25) is 11.8 Å². The summed E-state index contributed by atoms with van der Waals surface area (Å²) in [6.45, 7) is 0.743. The van der Waals surface area contributed by atoms with Crippen LogP contribution in [-0.4, -0.2) is 35.0 Å². The Kier molecular flexibility index (Phi) is 7.75. The molecule has 0 spiro atoms. The lowest BCUT2D eigenvalue weighted by Crippen LogP contribution is -2.29. The van der Waals surface area contributed by atoms with Crippen molar-refractivity contribution >= 4 is 29.9 Å². The molecule has 0 saturated heterocycles. The largest absolute Gasteiger partial charge is 0.351 e. The lowest BCUT2D eigenvalue weighted by Gasteiger charge is -2.11. The van der Waals surface area contributed by atoms with Gasteiger partial charge in [0.15, 0.2) is 5.82 Å². The van der Waals surface area contributed by atoms with Crippen LogP contribution >= 0.6 is 12.4 Å². The predicted molar refractivity (Wildman–Crippen MR) is 103 cm³/mol. The number of carbonyl (C=O) groups excluding carboxylic acids is 2. The molecule has 2 amide bonds. The molecule has 1 aromatic carbocycles. The van der Waals surface area contributed by atoms with Crippen LogP contribution in [0.3, 0.4) is 0 Å². The first-order valence-electron chi connectivity index (χ1n) is 8.87. The number of nitrogens with two attached hydrogens (primary N) is 1. The predicted octanol–water partition coefficient (Wildman–Crippen LogP) is 2.02. The number of rotatable bonds is 9. The quantitative estimate of drug-likeness (QED) is 0.598. The Labute approximate surface area is 163 Å². The maximum atomic E-state index is 12.2. The number of para-hydroxylation sites is 1. The van der Waals surface area contributed by atoms with Gasteiger partial charge < -0.3 is 20.9 Å². The van der Waals surface area contributed by atoms with Crippen LogP contribution in [0.25, 0.3) is 0 Å². The van der Waals surface area contributed by atoms with Gasteiger partial charge in [-0.05, 0) is 31.4 Å². The third-order valence-electron chi connectivity index (χ3n) is 4.10. The number of carbonyl (C=O) groups is 2. The fraction of sp³-hybridized carbons (Fsp3) is 0.444. The summed E-state index contributed by atoms with van der Waals surface area (Å²) in [5, 5.41) is 9.45. The van der Waals surface area contributed by atoms with E-state index in [1.807, 2.05) is 0 Å². The highest BCUT2D eigenvalue weighted by molar-refractivity contribution is 6.03. The molecule has 0 atom stereocenters. The summed E-state index contributed by atoms with van der Waals surface area (Å²) in [6.07, 6.45) is 3.71. The molecule has 1 fully saturated rings. The number of halogens is 1. The van der Waals surface area contributed by atoms with Gasteiger partial charge in [-0.1, -0.05) is 17.3 Å². The Morgan fingerprint density at radius 2 is 2.04 bits per heavy atom. The lowest BCUT2D eigenvalue weighted by atomic mass is 10.1. The van der Waals surface area contributed by atoms with E-state index < -0.39 is 0 Å². The third-order valence-corrected chi connectivity index (χ3v) is 4.10. The zero-order chi connectivity index (χ0) is 18.4. The summed E-state index contributed by atoms with van der Waals surface area (Å²) in [5.74, 6) is 1.39. The Hall–Kier alpha value is -2.45. The molecule has 9 heteroatoms. The van der Waals surface area contributed by atoms with Crippen molar-refractivity contribution in [3.63, 3.8) is 0 Å². The zero-order valence-electron chi connectivity index (χ0n) is 14.9. The minimum absolute atomic E-state index is 0. The smallest absolute Gasteiger partial charge is 0.253 e. The van der Waals surface area contributed by atoms with E-state index >= 15 is 0 Å². The van der Waals surface area contributed by atoms with Crippen molar-refractivity contribution in [2.45, 2.75) is 38.0 Å². The van der Waals surface area contributed by atoms with E-state index in [2.05, 4.69) is 20.8 Å². The van der Waals surface area contributed by atoms with Gasteiger partial charge in [-0.15, -0.1) is 12.4 Å². The minimum Gasteiger partial charge on any atom is -0.351 e. The van der Waals surface area contributed by atoms with Crippen LogP contribution in [-0.2, 0) is 11.2 Å². The molecule has 8 nitrogen and oxygen atoms in total. The second-order valence-electron chi connectivity index (χ2n) is 6.31. The molecule has 0 unspecified atom stereocenters. The molecule has 146 valence electrons. The summed E-state index contributed by atoms with van der Waals surface area (Å²) in [5.41, 5.74) is 6.30. The van der Waals surface area contributed by atoms with Gasteiger partial charge in [0.1, 0.15) is 0 Å². The first-order chi connectivity index (χ1) is 12.7. The van der Waals surface area contributed by atoms with Gasteiger partial charge in [-0.2, -0.15) is 4.98 Å². The number of aromatic nitrogens is 2. The number of amides is 2. The molecule has 2 aromatic rings. The Bertz CT molecular complexity index is 776. The molecule has 0 aliphatic heterocycles. The number of aryl methyl sites for hydroxylation is 1. The van der Waals surface area contributed by atoms with E-state index in [4.69, 9.17) is 10.3 Å². The van der Waals surface area contributed by atoms with Crippen LogP contribution in [0.1, 0.15) is 53.7 Å². The summed E-state index contributed by atoms with van der Waals surface area (Å²) >= 11 is 0. The van der Waals surface area contributed by atoms with Crippen molar-refractivity contribution in [2.24, 2.45) is 5.73 Å². The van der Waals surface area contributed by atoms with Crippen LogP contribution in [0.15, 0.2) is 28.8 Å². The molecule has 0 bridgehead atoms. The van der Waals surface area contributed by atoms with Crippen molar-refractivity contribution in [1.29, 1.82) is 0 Å². The van der Waals surface area contributed by atoms with Crippen molar-refractivity contribution in [3.05, 3.63) is 41.5 Å². The van der Waals surface area contributed by atoms with Crippen LogP contribution in [0.5, 0.6) is 0 Å². The maximum Gasteiger partial charge on any atom is 0.253 e. The molecule has 0 radical (unpaired) electrons. The number of nitrogens with one attached hydrogen (secondary N) is 2. The van der Waals surface area contributed by atoms with E-state index in [0.717, 1.165) is 18.7 Å². The van der Waals surface area contributed by atoms with E-state index in [-0.39, 0.29) is 24.2 Å². The number of benzene rings is 1. The van der Waals surface area contributed by atoms with Gasteiger partial charge in [0.05, 0.1) is 11.3 Å². The monoisotopic (exact) mass is 393 g/mol. The van der Waals surface area contributed by atoms with Crippen LogP contribution in [0, 0.1) is 0 Å². The minimum atomic E-state index is -0.259. The third kappa shape index (κ3) is 6.04. The molecular formula is C18H24ClN5O3. The highest BCUT2D eigenvalue weighted by Crippen LogP contribution is 2.38. The first kappa shape index (κ1) is 20.9. The highest BCUT2D eigenvalue weighted by Gasteiger charge is 2.28. The van der Waals surface area contributed by atoms with E-state index in [9.17, 15) is 9.59 Å². The summed E-state index contributed by atoms with van der Waals surface area (Å²) < 4.78 is 5.20. The normalized spacial score (nSPS) is 12.9. The van der Waals surface area contributed by atoms with Gasteiger partial charge in [-0.25, -0.2) is 0 Å². The first-order valence-corrected chi connectivity index (χ1v) is 8.87. The molecule has 4 N–H and O–H groups in total. The highest BCUT2D eigenvalue weighted by atomic mass is 35.5. The molecule has 1 aliphatic carbocycles. The molecule has 1 heterocycles. The Balaban J connectivity index is 0.00000261. The SMILES string of the molecule is Cl.NCCNC(=O)c1ccccc1NC(=O)CCCc1nc(C2CC2)no1. The standard InChI is InChI=1S/C18H23N5O3.ClH/c19-10-11-20-18(25)13-4-1-2-5-14(13)21-15(24)6-3-7-16-22-17(23-26-16)12-8-9-12;/h1-2,4-5,12H,3,6-11,19H2,(H,20,25)(H,21,24);1H. The second-order valence-corrected chi connectivity index (χ2v) is 6.31. The van der Waals surface area contributed by atoms with Crippen LogP contribution < -0.4 is 16.4 Å². The molecule has 3 rings (SSSR count). The van der Waals surface area contributed by atoms with Crippen molar-refractivity contribution < 1.29 is 14.1 Å². The average Bonchev–Trinajstić information content (AvgIpc) is 3.39. The summed E-state index contributed by atoms with van der Waals surface area (Å²) in [7, 11) is 0. The van der Waals surface area contributed by atoms with Crippen LogP contribution in [0.2, 0.25) is 0 Å². The molecule has 1 saturated carbocycles. The topological polar surface area (TPSA) is 123 Å². The maximum absolute atomic E-state index is 12.2. The lowest BCUT2D eigenvalue weighted by molar-refractivity contribution is -0.116. The summed E-state index contributed by atoms with van der Waals surface area (Å²) in [4.78, 5) is 28.7.